The van der Waals surface area contributed by atoms with Crippen LogP contribution in [0.3, 0.4) is 0 Å². The number of rotatable bonds is 4. The van der Waals surface area contributed by atoms with E-state index in [-0.39, 0.29) is 29.3 Å². The van der Waals surface area contributed by atoms with E-state index in [9.17, 15) is 13.2 Å². The maximum atomic E-state index is 13.1. The molecule has 0 aliphatic carbocycles. The van der Waals surface area contributed by atoms with Crippen LogP contribution in [-0.4, -0.2) is 45.9 Å². The number of sulfonamides is 1. The van der Waals surface area contributed by atoms with Gasteiger partial charge in [0.25, 0.3) is 5.91 Å². The number of halogens is 2. The molecule has 1 saturated heterocycles. The monoisotopic (exact) mass is 429 g/mol. The Hall–Kier alpha value is -1.64. The first kappa shape index (κ1) is 21.7. The van der Waals surface area contributed by atoms with Crippen LogP contribution < -0.4 is 10.0 Å². The summed E-state index contributed by atoms with van der Waals surface area (Å²) in [7, 11) is -2.27. The van der Waals surface area contributed by atoms with Gasteiger partial charge in [-0.05, 0) is 36.9 Å². The molecular weight excluding hydrogens is 409 g/mol. The van der Waals surface area contributed by atoms with E-state index in [2.05, 4.69) is 10.0 Å². The summed E-state index contributed by atoms with van der Waals surface area (Å²) >= 11 is 6.32. The van der Waals surface area contributed by atoms with Gasteiger partial charge in [-0.3, -0.25) is 4.79 Å². The highest BCUT2D eigenvalue weighted by Crippen LogP contribution is 2.29. The Morgan fingerprint density at radius 2 is 1.96 bits per heavy atom. The summed E-state index contributed by atoms with van der Waals surface area (Å²) in [6, 6.07) is 13.3. The van der Waals surface area contributed by atoms with Crippen LogP contribution in [-0.2, 0) is 10.0 Å². The third-order valence-electron chi connectivity index (χ3n) is 4.43. The van der Waals surface area contributed by atoms with Crippen LogP contribution in [0.5, 0.6) is 0 Å². The molecule has 1 amide bonds. The van der Waals surface area contributed by atoms with Crippen molar-refractivity contribution in [3.8, 4) is 0 Å². The van der Waals surface area contributed by atoms with Gasteiger partial charge in [0.05, 0.1) is 10.9 Å². The van der Waals surface area contributed by atoms with Crippen LogP contribution in [0.4, 0.5) is 0 Å². The number of carbonyl (C=O) groups excluding carboxylic acids is 1. The molecule has 1 heterocycles. The molecule has 2 aromatic carbocycles. The van der Waals surface area contributed by atoms with Crippen LogP contribution in [0.1, 0.15) is 22.0 Å². The number of nitrogens with zero attached hydrogens (tertiary/aromatic N) is 1. The lowest BCUT2D eigenvalue weighted by Crippen LogP contribution is -2.48. The first-order chi connectivity index (χ1) is 12.4. The summed E-state index contributed by atoms with van der Waals surface area (Å²) in [6.45, 7) is 1.77. The maximum Gasteiger partial charge on any atom is 0.254 e. The first-order valence-electron chi connectivity index (χ1n) is 8.24. The Morgan fingerprint density at radius 1 is 1.22 bits per heavy atom. The van der Waals surface area contributed by atoms with Crippen LogP contribution >= 0.6 is 24.0 Å². The van der Waals surface area contributed by atoms with Crippen molar-refractivity contribution in [2.75, 3.05) is 26.7 Å². The minimum absolute atomic E-state index is 0. The number of carbonyl (C=O) groups is 1. The van der Waals surface area contributed by atoms with Gasteiger partial charge in [0.1, 0.15) is 0 Å². The molecule has 0 spiro atoms. The highest BCUT2D eigenvalue weighted by Gasteiger charge is 2.30. The van der Waals surface area contributed by atoms with E-state index in [1.165, 1.54) is 19.2 Å². The summed E-state index contributed by atoms with van der Waals surface area (Å²) in [5, 5.41) is 3.89. The fraction of sp³-hybridized carbons (Fsp3) is 0.278. The minimum Gasteiger partial charge on any atom is -0.329 e. The van der Waals surface area contributed by atoms with Gasteiger partial charge in [-0.25, -0.2) is 13.1 Å². The Kier molecular flexibility index (Phi) is 7.25. The molecule has 3 rings (SSSR count). The molecule has 1 atom stereocenters. The topological polar surface area (TPSA) is 78.5 Å². The van der Waals surface area contributed by atoms with Gasteiger partial charge in [0.15, 0.2) is 0 Å². The van der Waals surface area contributed by atoms with Crippen LogP contribution in [0.15, 0.2) is 53.4 Å². The smallest absolute Gasteiger partial charge is 0.254 e. The molecule has 0 bridgehead atoms. The van der Waals surface area contributed by atoms with Crippen molar-refractivity contribution < 1.29 is 13.2 Å². The number of nitrogens with one attached hydrogen (secondary N) is 2. The van der Waals surface area contributed by atoms with Crippen molar-refractivity contribution in [1.82, 2.24) is 14.9 Å². The van der Waals surface area contributed by atoms with Crippen molar-refractivity contribution in [1.29, 1.82) is 0 Å². The van der Waals surface area contributed by atoms with Crippen molar-refractivity contribution in [3.63, 3.8) is 0 Å². The van der Waals surface area contributed by atoms with Crippen LogP contribution in [0, 0.1) is 0 Å². The second kappa shape index (κ2) is 9.03. The third kappa shape index (κ3) is 4.62. The van der Waals surface area contributed by atoms with Gasteiger partial charge in [0, 0.05) is 30.2 Å². The molecule has 1 fully saturated rings. The van der Waals surface area contributed by atoms with Gasteiger partial charge in [-0.2, -0.15) is 0 Å². The molecule has 27 heavy (non-hydrogen) atoms. The van der Waals surface area contributed by atoms with Crippen molar-refractivity contribution in [2.45, 2.75) is 10.9 Å². The van der Waals surface area contributed by atoms with Gasteiger partial charge in [0.2, 0.25) is 10.0 Å². The van der Waals surface area contributed by atoms with Crippen LogP contribution in [0.2, 0.25) is 5.02 Å². The van der Waals surface area contributed by atoms with Gasteiger partial charge in [-0.1, -0.05) is 35.9 Å². The van der Waals surface area contributed by atoms with E-state index in [0.717, 1.165) is 5.56 Å². The number of piperazine rings is 1. The lowest BCUT2D eigenvalue weighted by Gasteiger charge is -2.37. The van der Waals surface area contributed by atoms with Crippen molar-refractivity contribution >= 4 is 39.9 Å². The second-order valence-electron chi connectivity index (χ2n) is 5.98. The lowest BCUT2D eigenvalue weighted by atomic mass is 10.0. The maximum absolute atomic E-state index is 13.1. The highest BCUT2D eigenvalue weighted by atomic mass is 35.5. The molecular formula is C18H21Cl2N3O3S. The first-order valence-corrected chi connectivity index (χ1v) is 10.1. The number of hydrogen-bond donors (Lipinski definition) is 2. The number of amides is 1. The standard InChI is InChI=1S/C18H20ClN3O3S.ClH/c1-20-26(24,25)14-6-4-5-13(11-14)18(23)22-10-9-21-12-17(22)15-7-2-3-8-16(15)19;/h2-8,11,17,20-21H,9-10,12H2,1H3;1H. The lowest BCUT2D eigenvalue weighted by molar-refractivity contribution is 0.0634. The zero-order chi connectivity index (χ0) is 18.7. The normalized spacial score (nSPS) is 17.3. The van der Waals surface area contributed by atoms with Gasteiger partial charge in [-0.15, -0.1) is 12.4 Å². The molecule has 1 unspecified atom stereocenters. The van der Waals surface area contributed by atoms with E-state index < -0.39 is 10.0 Å². The fourth-order valence-electron chi connectivity index (χ4n) is 3.05. The van der Waals surface area contributed by atoms with E-state index in [1.807, 2.05) is 18.2 Å². The Balaban J connectivity index is 0.00000261. The Labute approximate surface area is 170 Å². The molecule has 2 N–H and O–H groups in total. The SMILES string of the molecule is CNS(=O)(=O)c1cccc(C(=O)N2CCNCC2c2ccccc2Cl)c1.Cl. The molecule has 6 nitrogen and oxygen atoms in total. The summed E-state index contributed by atoms with van der Waals surface area (Å²) in [5.41, 5.74) is 1.20. The average molecular weight is 430 g/mol. The quantitative estimate of drug-likeness (QED) is 0.781. The molecule has 146 valence electrons. The van der Waals surface area contributed by atoms with E-state index in [0.29, 0.717) is 30.2 Å². The average Bonchev–Trinajstić information content (AvgIpc) is 2.68. The predicted molar refractivity (Wildman–Crippen MR) is 108 cm³/mol. The molecule has 2 aromatic rings. The zero-order valence-corrected chi connectivity index (χ0v) is 17.1. The van der Waals surface area contributed by atoms with Crippen molar-refractivity contribution in [2.24, 2.45) is 0 Å². The molecule has 1 aliphatic rings. The fourth-order valence-corrected chi connectivity index (χ4v) is 4.09. The van der Waals surface area contributed by atoms with E-state index in [1.54, 1.807) is 23.1 Å². The largest absolute Gasteiger partial charge is 0.329 e. The van der Waals surface area contributed by atoms with E-state index in [4.69, 9.17) is 11.6 Å². The summed E-state index contributed by atoms with van der Waals surface area (Å²) in [5.74, 6) is -0.218. The summed E-state index contributed by atoms with van der Waals surface area (Å²) < 4.78 is 26.3. The van der Waals surface area contributed by atoms with Gasteiger partial charge < -0.3 is 10.2 Å². The van der Waals surface area contributed by atoms with Crippen LogP contribution in [0.25, 0.3) is 0 Å². The van der Waals surface area contributed by atoms with Gasteiger partial charge >= 0.3 is 0 Å². The molecule has 0 saturated carbocycles. The predicted octanol–water partition coefficient (Wildman–Crippen LogP) is 2.46. The summed E-state index contributed by atoms with van der Waals surface area (Å²) in [6.07, 6.45) is 0. The third-order valence-corrected chi connectivity index (χ3v) is 6.18. The summed E-state index contributed by atoms with van der Waals surface area (Å²) in [4.78, 5) is 14.9. The molecule has 0 radical (unpaired) electrons. The Morgan fingerprint density at radius 3 is 2.67 bits per heavy atom. The molecule has 9 heteroatoms. The van der Waals surface area contributed by atoms with Crippen molar-refractivity contribution in [3.05, 3.63) is 64.7 Å². The highest BCUT2D eigenvalue weighted by molar-refractivity contribution is 7.89. The number of benzene rings is 2. The Bertz CT molecular complexity index is 922. The van der Waals surface area contributed by atoms with E-state index >= 15 is 0 Å². The molecule has 1 aliphatic heterocycles. The molecule has 0 aromatic heterocycles. The number of hydrogen-bond acceptors (Lipinski definition) is 4. The minimum atomic E-state index is -3.61. The zero-order valence-electron chi connectivity index (χ0n) is 14.7. The second-order valence-corrected chi connectivity index (χ2v) is 8.27.